The Morgan fingerprint density at radius 2 is 2.15 bits per heavy atom. The van der Waals surface area contributed by atoms with E-state index in [0.29, 0.717) is 18.4 Å². The Bertz CT molecular complexity index is 845. The van der Waals surface area contributed by atoms with Crippen LogP contribution < -0.4 is 0 Å². The molecule has 5 rings (SSSR count). The predicted octanol–water partition coefficient (Wildman–Crippen LogP) is 2.65. The van der Waals surface area contributed by atoms with Gasteiger partial charge in [0.25, 0.3) is 0 Å². The lowest BCUT2D eigenvalue weighted by atomic mass is 9.65. The molecule has 3 aliphatic rings. The number of benzene rings is 1. The van der Waals surface area contributed by atoms with Gasteiger partial charge in [-0.3, -0.25) is 9.69 Å². The number of esters is 1. The number of fused-ring (bicyclic) bond motifs is 6. The third-order valence-electron chi connectivity index (χ3n) is 7.02. The van der Waals surface area contributed by atoms with Gasteiger partial charge in [0.15, 0.2) is 0 Å². The third-order valence-corrected chi connectivity index (χ3v) is 7.02. The summed E-state index contributed by atoms with van der Waals surface area (Å²) in [5.41, 5.74) is 3.96. The van der Waals surface area contributed by atoms with Crippen molar-refractivity contribution in [3.8, 4) is 0 Å². The summed E-state index contributed by atoms with van der Waals surface area (Å²) in [4.78, 5) is 18.6. The second-order valence-corrected chi connectivity index (χ2v) is 8.18. The number of nitrogens with one attached hydrogen (secondary N) is 1. The summed E-state index contributed by atoms with van der Waals surface area (Å²) in [7, 11) is 1.43. The van der Waals surface area contributed by atoms with Crippen LogP contribution in [0.5, 0.6) is 0 Å². The van der Waals surface area contributed by atoms with Gasteiger partial charge in [0.1, 0.15) is 0 Å². The zero-order chi connectivity index (χ0) is 17.8. The van der Waals surface area contributed by atoms with Gasteiger partial charge in [-0.1, -0.05) is 18.2 Å². The van der Waals surface area contributed by atoms with Crippen molar-refractivity contribution >= 4 is 16.9 Å². The van der Waals surface area contributed by atoms with Gasteiger partial charge in [0.05, 0.1) is 25.2 Å². The van der Waals surface area contributed by atoms with Crippen molar-refractivity contribution in [1.82, 2.24) is 9.88 Å². The fraction of sp³-hybridized carbons (Fsp3) is 0.571. The van der Waals surface area contributed by atoms with Gasteiger partial charge >= 0.3 is 5.97 Å². The van der Waals surface area contributed by atoms with Gasteiger partial charge in [-0.25, -0.2) is 0 Å². The highest BCUT2D eigenvalue weighted by Crippen LogP contribution is 2.49. The van der Waals surface area contributed by atoms with E-state index in [1.165, 1.54) is 29.3 Å². The molecule has 26 heavy (non-hydrogen) atoms. The first-order valence-corrected chi connectivity index (χ1v) is 9.76. The van der Waals surface area contributed by atoms with Gasteiger partial charge in [-0.15, -0.1) is 0 Å². The Hall–Kier alpha value is -1.85. The van der Waals surface area contributed by atoms with Gasteiger partial charge < -0.3 is 14.8 Å². The number of aliphatic hydroxyl groups is 1. The van der Waals surface area contributed by atoms with Crippen molar-refractivity contribution in [2.75, 3.05) is 20.2 Å². The molecule has 1 saturated carbocycles. The van der Waals surface area contributed by atoms with Crippen LogP contribution in [0.3, 0.4) is 0 Å². The number of hydrogen-bond donors (Lipinski definition) is 2. The monoisotopic (exact) mass is 354 g/mol. The smallest absolute Gasteiger partial charge is 0.311 e. The van der Waals surface area contributed by atoms with E-state index in [-0.39, 0.29) is 17.8 Å². The van der Waals surface area contributed by atoms with Crippen LogP contribution in [0.1, 0.15) is 36.6 Å². The molecule has 0 amide bonds. The largest absolute Gasteiger partial charge is 0.469 e. The molecule has 1 aliphatic carbocycles. The number of H-pyrrole nitrogens is 1. The summed E-state index contributed by atoms with van der Waals surface area (Å²) in [6.07, 6.45) is 3.14. The van der Waals surface area contributed by atoms with Crippen LogP contribution in [-0.4, -0.2) is 47.3 Å². The number of rotatable bonds is 1. The number of hydrogen-bond acceptors (Lipinski definition) is 4. The second-order valence-electron chi connectivity index (χ2n) is 8.18. The second kappa shape index (κ2) is 6.10. The normalized spacial score (nSPS) is 34.0. The number of nitrogens with zero attached hydrogens (tertiary/aromatic N) is 1. The Labute approximate surface area is 153 Å². The molecule has 3 heterocycles. The van der Waals surface area contributed by atoms with E-state index in [2.05, 4.69) is 34.1 Å². The minimum Gasteiger partial charge on any atom is -0.469 e. The highest BCUT2D eigenvalue weighted by Gasteiger charge is 2.49. The molecule has 0 unspecified atom stereocenters. The van der Waals surface area contributed by atoms with E-state index >= 15 is 0 Å². The minimum absolute atomic E-state index is 0.199. The van der Waals surface area contributed by atoms with Crippen molar-refractivity contribution in [3.05, 3.63) is 35.5 Å². The molecule has 0 radical (unpaired) electrons. The van der Waals surface area contributed by atoms with E-state index in [0.717, 1.165) is 32.4 Å². The highest BCUT2D eigenvalue weighted by atomic mass is 16.5. The zero-order valence-corrected chi connectivity index (χ0v) is 15.1. The SMILES string of the molecule is COC(=O)[C@@H]1[C@@H]2C[C@H]3c4[nH]c5ccccc5c4CCN3C[C@@H]2CC[C@H]1O. The van der Waals surface area contributed by atoms with E-state index in [9.17, 15) is 9.90 Å². The van der Waals surface area contributed by atoms with E-state index in [4.69, 9.17) is 4.74 Å². The molecule has 138 valence electrons. The van der Waals surface area contributed by atoms with Crippen LogP contribution in [0, 0.1) is 17.8 Å². The fourth-order valence-corrected chi connectivity index (χ4v) is 5.80. The molecule has 1 saturated heterocycles. The van der Waals surface area contributed by atoms with Crippen LogP contribution >= 0.6 is 0 Å². The molecule has 5 nitrogen and oxygen atoms in total. The predicted molar refractivity (Wildman–Crippen MR) is 98.7 cm³/mol. The topological polar surface area (TPSA) is 65.6 Å². The Balaban J connectivity index is 1.52. The lowest BCUT2D eigenvalue weighted by molar-refractivity contribution is -0.160. The number of para-hydroxylation sites is 1. The fourth-order valence-electron chi connectivity index (χ4n) is 5.80. The number of aromatic amines is 1. The Kier molecular flexibility index (Phi) is 3.83. The number of methoxy groups -OCH3 is 1. The molecule has 2 aromatic rings. The lowest BCUT2D eigenvalue weighted by Gasteiger charge is -2.50. The maximum atomic E-state index is 12.4. The number of carbonyl (C=O) groups is 1. The van der Waals surface area contributed by atoms with E-state index in [1.807, 2.05) is 0 Å². The number of carbonyl (C=O) groups excluding carboxylic acids is 1. The van der Waals surface area contributed by atoms with Crippen molar-refractivity contribution in [2.24, 2.45) is 17.8 Å². The van der Waals surface area contributed by atoms with Crippen LogP contribution in [-0.2, 0) is 16.0 Å². The van der Waals surface area contributed by atoms with E-state index < -0.39 is 6.10 Å². The Morgan fingerprint density at radius 3 is 3.00 bits per heavy atom. The molecular formula is C21H26N2O3. The summed E-state index contributed by atoms with van der Waals surface area (Å²) in [5, 5.41) is 11.8. The molecule has 0 bridgehead atoms. The van der Waals surface area contributed by atoms with Gasteiger partial charge in [0.2, 0.25) is 0 Å². The number of aliphatic hydroxyl groups excluding tert-OH is 1. The van der Waals surface area contributed by atoms with E-state index in [1.54, 1.807) is 0 Å². The minimum atomic E-state index is -0.568. The quantitative estimate of drug-likeness (QED) is 0.773. The number of piperidine rings is 1. The van der Waals surface area contributed by atoms with Crippen LogP contribution in [0.15, 0.2) is 24.3 Å². The maximum absolute atomic E-state index is 12.4. The van der Waals surface area contributed by atoms with Gasteiger partial charge in [0, 0.05) is 29.7 Å². The van der Waals surface area contributed by atoms with Crippen molar-refractivity contribution < 1.29 is 14.6 Å². The standard InChI is InChI=1S/C21H26N2O3/c1-26-21(25)19-15-10-17-20-14(13-4-2-3-5-16(13)22-20)8-9-23(17)11-12(15)6-7-18(19)24/h2-5,12,15,17-19,22,24H,6-11H2,1H3/t12-,15+,17-,18+,19+/m0/s1. The number of ether oxygens (including phenoxy) is 1. The molecule has 2 fully saturated rings. The maximum Gasteiger partial charge on any atom is 0.311 e. The molecule has 5 atom stereocenters. The summed E-state index contributed by atoms with van der Waals surface area (Å²) in [6.45, 7) is 2.10. The summed E-state index contributed by atoms with van der Waals surface area (Å²) >= 11 is 0. The van der Waals surface area contributed by atoms with Crippen LogP contribution in [0.25, 0.3) is 10.9 Å². The number of aromatic nitrogens is 1. The third kappa shape index (κ3) is 2.33. The average molecular weight is 354 g/mol. The summed E-state index contributed by atoms with van der Waals surface area (Å²) < 4.78 is 5.04. The first-order valence-electron chi connectivity index (χ1n) is 9.76. The zero-order valence-electron chi connectivity index (χ0n) is 15.1. The van der Waals surface area contributed by atoms with Crippen LogP contribution in [0.4, 0.5) is 0 Å². The highest BCUT2D eigenvalue weighted by molar-refractivity contribution is 5.85. The van der Waals surface area contributed by atoms with Gasteiger partial charge in [-0.2, -0.15) is 0 Å². The lowest BCUT2D eigenvalue weighted by Crippen LogP contribution is -2.53. The molecule has 1 aromatic carbocycles. The van der Waals surface area contributed by atoms with Gasteiger partial charge in [-0.05, 0) is 49.1 Å². The first-order chi connectivity index (χ1) is 12.7. The molecule has 5 heteroatoms. The molecule has 2 aliphatic heterocycles. The average Bonchev–Trinajstić information content (AvgIpc) is 3.05. The molecule has 1 aromatic heterocycles. The van der Waals surface area contributed by atoms with Crippen molar-refractivity contribution in [1.29, 1.82) is 0 Å². The van der Waals surface area contributed by atoms with Crippen molar-refractivity contribution in [2.45, 2.75) is 37.8 Å². The summed E-state index contributed by atoms with van der Waals surface area (Å²) in [5.74, 6) is 0.0541. The van der Waals surface area contributed by atoms with Crippen LogP contribution in [0.2, 0.25) is 0 Å². The first kappa shape index (κ1) is 16.3. The Morgan fingerprint density at radius 1 is 1.31 bits per heavy atom. The molecule has 0 spiro atoms. The molecule has 2 N–H and O–H groups in total. The summed E-state index contributed by atoms with van der Waals surface area (Å²) in [6, 6.07) is 8.83. The molecular weight excluding hydrogens is 328 g/mol. The van der Waals surface area contributed by atoms with Crippen molar-refractivity contribution in [3.63, 3.8) is 0 Å².